The number of hydrogen-bond acceptors (Lipinski definition) is 5. The molecule has 0 bridgehead atoms. The minimum absolute atomic E-state index is 0.0730. The van der Waals surface area contributed by atoms with E-state index < -0.39 is 0 Å². The fourth-order valence-electron chi connectivity index (χ4n) is 1.85. The molecule has 0 heterocycles. The van der Waals surface area contributed by atoms with Crippen molar-refractivity contribution in [2.75, 3.05) is 21.3 Å². The van der Waals surface area contributed by atoms with Gasteiger partial charge in [-0.05, 0) is 19.1 Å². The number of nitrogens with zero attached hydrogens (tertiary/aromatic N) is 2. The van der Waals surface area contributed by atoms with Gasteiger partial charge in [0.25, 0.3) is 5.91 Å². The molecule has 21 heavy (non-hydrogen) atoms. The lowest BCUT2D eigenvalue weighted by Gasteiger charge is -2.25. The topological polar surface area (TPSA) is 97.4 Å². The number of hydrogen-bond donors (Lipinski definition) is 2. The molecular formula is C14H21N3O4. The maximum absolute atomic E-state index is 12.5. The highest BCUT2D eigenvalue weighted by Crippen LogP contribution is 2.26. The summed E-state index contributed by atoms with van der Waals surface area (Å²) < 4.78 is 10.3. The zero-order chi connectivity index (χ0) is 16.0. The molecule has 1 unspecified atom stereocenters. The van der Waals surface area contributed by atoms with Gasteiger partial charge in [0.2, 0.25) is 0 Å². The summed E-state index contributed by atoms with van der Waals surface area (Å²) in [6, 6.07) is 4.76. The summed E-state index contributed by atoms with van der Waals surface area (Å²) in [4.78, 5) is 14.0. The minimum Gasteiger partial charge on any atom is -0.497 e. The fraction of sp³-hybridized carbons (Fsp3) is 0.429. The van der Waals surface area contributed by atoms with Gasteiger partial charge in [0, 0.05) is 25.6 Å². The molecule has 1 atom stereocenters. The number of amidine groups is 1. The van der Waals surface area contributed by atoms with Crippen LogP contribution in [0.15, 0.2) is 23.4 Å². The van der Waals surface area contributed by atoms with Crippen molar-refractivity contribution in [3.63, 3.8) is 0 Å². The maximum Gasteiger partial charge on any atom is 0.257 e. The van der Waals surface area contributed by atoms with E-state index >= 15 is 0 Å². The van der Waals surface area contributed by atoms with Crippen molar-refractivity contribution in [2.45, 2.75) is 19.4 Å². The van der Waals surface area contributed by atoms with E-state index in [2.05, 4.69) is 5.16 Å². The van der Waals surface area contributed by atoms with E-state index in [4.69, 9.17) is 20.4 Å². The van der Waals surface area contributed by atoms with E-state index in [1.807, 2.05) is 6.92 Å². The molecule has 1 amide bonds. The Bertz CT molecular complexity index is 531. The average Bonchev–Trinajstić information content (AvgIpc) is 2.52. The Balaban J connectivity index is 2.97. The molecule has 1 aromatic rings. The van der Waals surface area contributed by atoms with E-state index in [-0.39, 0.29) is 24.2 Å². The number of ether oxygens (including phenoxy) is 2. The number of carbonyl (C=O) groups is 1. The first-order valence-corrected chi connectivity index (χ1v) is 6.40. The third kappa shape index (κ3) is 4.01. The van der Waals surface area contributed by atoms with Gasteiger partial charge in [-0.2, -0.15) is 0 Å². The molecule has 0 spiro atoms. The van der Waals surface area contributed by atoms with Crippen LogP contribution < -0.4 is 15.2 Å². The van der Waals surface area contributed by atoms with E-state index in [0.29, 0.717) is 17.1 Å². The molecule has 1 rings (SSSR count). The van der Waals surface area contributed by atoms with Gasteiger partial charge in [-0.3, -0.25) is 4.79 Å². The number of nitrogens with two attached hydrogens (primary N) is 1. The van der Waals surface area contributed by atoms with Crippen molar-refractivity contribution >= 4 is 11.7 Å². The lowest BCUT2D eigenvalue weighted by atomic mass is 10.1. The monoisotopic (exact) mass is 295 g/mol. The Morgan fingerprint density at radius 2 is 2.10 bits per heavy atom. The summed E-state index contributed by atoms with van der Waals surface area (Å²) in [5, 5.41) is 11.5. The summed E-state index contributed by atoms with van der Waals surface area (Å²) in [5.74, 6) is 0.898. The summed E-state index contributed by atoms with van der Waals surface area (Å²) in [5.41, 5.74) is 5.89. The number of oxime groups is 1. The molecule has 0 aromatic heterocycles. The summed E-state index contributed by atoms with van der Waals surface area (Å²) in [6.45, 7) is 1.81. The highest BCUT2D eigenvalue weighted by molar-refractivity contribution is 5.97. The minimum atomic E-state index is -0.222. The molecule has 7 heteroatoms. The summed E-state index contributed by atoms with van der Waals surface area (Å²) in [6.07, 6.45) is 0.275. The molecule has 0 saturated heterocycles. The Morgan fingerprint density at radius 1 is 1.43 bits per heavy atom. The number of amides is 1. The second kappa shape index (κ2) is 7.37. The predicted octanol–water partition coefficient (Wildman–Crippen LogP) is 1.30. The van der Waals surface area contributed by atoms with Gasteiger partial charge in [-0.15, -0.1) is 0 Å². The van der Waals surface area contributed by atoms with Gasteiger partial charge in [-0.1, -0.05) is 5.16 Å². The molecule has 0 aliphatic carbocycles. The zero-order valence-electron chi connectivity index (χ0n) is 12.7. The predicted molar refractivity (Wildman–Crippen MR) is 79.1 cm³/mol. The Labute approximate surface area is 123 Å². The molecule has 1 aromatic carbocycles. The molecule has 7 nitrogen and oxygen atoms in total. The fourth-order valence-corrected chi connectivity index (χ4v) is 1.85. The molecular weight excluding hydrogens is 274 g/mol. The first-order valence-electron chi connectivity index (χ1n) is 6.40. The molecule has 116 valence electrons. The van der Waals surface area contributed by atoms with Gasteiger partial charge >= 0.3 is 0 Å². The standard InChI is InChI=1S/C14H21N3O4/c1-9(7-13(15)16-19)17(2)14(18)11-6-5-10(20-3)8-12(11)21-4/h5-6,8-9,19H,7H2,1-4H3,(H2,15,16). The normalized spacial score (nSPS) is 12.7. The summed E-state index contributed by atoms with van der Waals surface area (Å²) >= 11 is 0. The van der Waals surface area contributed by atoms with Crippen LogP contribution in [0.2, 0.25) is 0 Å². The van der Waals surface area contributed by atoms with Crippen LogP contribution in [0.4, 0.5) is 0 Å². The summed E-state index contributed by atoms with van der Waals surface area (Å²) in [7, 11) is 4.69. The average molecular weight is 295 g/mol. The SMILES string of the molecule is COc1ccc(C(=O)N(C)C(C)CC(N)=NO)c(OC)c1. The molecule has 0 radical (unpaired) electrons. The third-order valence-electron chi connectivity index (χ3n) is 3.25. The molecule has 0 saturated carbocycles. The van der Waals surface area contributed by atoms with Crippen molar-refractivity contribution in [3.8, 4) is 11.5 Å². The van der Waals surface area contributed by atoms with Crippen molar-refractivity contribution in [1.82, 2.24) is 4.90 Å². The maximum atomic E-state index is 12.5. The van der Waals surface area contributed by atoms with Gasteiger partial charge in [-0.25, -0.2) is 0 Å². The second-order valence-corrected chi connectivity index (χ2v) is 4.63. The van der Waals surface area contributed by atoms with E-state index in [1.165, 1.54) is 12.0 Å². The molecule has 0 aliphatic rings. The van der Waals surface area contributed by atoms with Gasteiger partial charge < -0.3 is 25.3 Å². The highest BCUT2D eigenvalue weighted by atomic mass is 16.5. The number of carbonyl (C=O) groups excluding carboxylic acids is 1. The van der Waals surface area contributed by atoms with Crippen LogP contribution >= 0.6 is 0 Å². The van der Waals surface area contributed by atoms with Crippen molar-refractivity contribution in [1.29, 1.82) is 0 Å². The highest BCUT2D eigenvalue weighted by Gasteiger charge is 2.22. The third-order valence-corrected chi connectivity index (χ3v) is 3.25. The Kier molecular flexibility index (Phi) is 5.83. The second-order valence-electron chi connectivity index (χ2n) is 4.63. The quantitative estimate of drug-likeness (QED) is 0.357. The molecule has 0 aliphatic heterocycles. The molecule has 0 fully saturated rings. The number of methoxy groups -OCH3 is 2. The van der Waals surface area contributed by atoms with E-state index in [1.54, 1.807) is 32.4 Å². The Morgan fingerprint density at radius 3 is 2.62 bits per heavy atom. The van der Waals surface area contributed by atoms with Crippen LogP contribution in [0.25, 0.3) is 0 Å². The number of benzene rings is 1. The van der Waals surface area contributed by atoms with Crippen LogP contribution in [0.1, 0.15) is 23.7 Å². The number of rotatable bonds is 6. The van der Waals surface area contributed by atoms with Crippen LogP contribution in [-0.2, 0) is 0 Å². The first-order chi connectivity index (χ1) is 9.94. The van der Waals surface area contributed by atoms with Crippen LogP contribution in [-0.4, -0.2) is 49.2 Å². The van der Waals surface area contributed by atoms with Gasteiger partial charge in [0.05, 0.1) is 19.8 Å². The zero-order valence-corrected chi connectivity index (χ0v) is 12.7. The van der Waals surface area contributed by atoms with Gasteiger partial charge in [0.15, 0.2) is 0 Å². The van der Waals surface area contributed by atoms with E-state index in [9.17, 15) is 4.79 Å². The van der Waals surface area contributed by atoms with Crippen LogP contribution in [0.5, 0.6) is 11.5 Å². The smallest absolute Gasteiger partial charge is 0.257 e. The largest absolute Gasteiger partial charge is 0.497 e. The van der Waals surface area contributed by atoms with Crippen molar-refractivity contribution < 1.29 is 19.5 Å². The van der Waals surface area contributed by atoms with Crippen LogP contribution in [0, 0.1) is 0 Å². The lowest BCUT2D eigenvalue weighted by Crippen LogP contribution is -2.38. The van der Waals surface area contributed by atoms with Crippen molar-refractivity contribution in [2.24, 2.45) is 10.9 Å². The molecule has 3 N–H and O–H groups in total. The van der Waals surface area contributed by atoms with E-state index in [0.717, 1.165) is 0 Å². The van der Waals surface area contributed by atoms with Gasteiger partial charge in [0.1, 0.15) is 17.3 Å². The first kappa shape index (κ1) is 16.6. The Hall–Kier alpha value is -2.44. The van der Waals surface area contributed by atoms with Crippen LogP contribution in [0.3, 0.4) is 0 Å². The van der Waals surface area contributed by atoms with Crippen molar-refractivity contribution in [3.05, 3.63) is 23.8 Å². The lowest BCUT2D eigenvalue weighted by molar-refractivity contribution is 0.0743.